The van der Waals surface area contributed by atoms with E-state index in [1.165, 1.54) is 12.1 Å². The summed E-state index contributed by atoms with van der Waals surface area (Å²) in [5.41, 5.74) is 1.85. The van der Waals surface area contributed by atoms with Gasteiger partial charge in [0.15, 0.2) is 0 Å². The molecule has 0 saturated heterocycles. The molecule has 17 heavy (non-hydrogen) atoms. The molecule has 3 heteroatoms. The van der Waals surface area contributed by atoms with E-state index in [1.54, 1.807) is 18.2 Å². The van der Waals surface area contributed by atoms with E-state index in [2.05, 4.69) is 0 Å². The maximum absolute atomic E-state index is 13.1. The van der Waals surface area contributed by atoms with Crippen LogP contribution in [-0.2, 0) is 6.61 Å². The van der Waals surface area contributed by atoms with Crippen LogP contribution in [0.5, 0.6) is 5.75 Å². The Bertz CT molecular complexity index is 525. The molecule has 0 bridgehead atoms. The van der Waals surface area contributed by atoms with Crippen LogP contribution in [0.15, 0.2) is 42.5 Å². The quantitative estimate of drug-likeness (QED) is 0.786. The predicted octanol–water partition coefficient (Wildman–Crippen LogP) is 4.37. The first-order chi connectivity index (χ1) is 8.15. The summed E-state index contributed by atoms with van der Waals surface area (Å²) >= 11 is 5.84. The SMILES string of the molecule is Cc1ccc(F)cc1COc1cccc(Cl)c1. The molecule has 2 aromatic carbocycles. The molecule has 0 aliphatic rings. The number of ether oxygens (including phenoxy) is 1. The highest BCUT2D eigenvalue weighted by molar-refractivity contribution is 6.30. The fourth-order valence-corrected chi connectivity index (χ4v) is 1.69. The molecule has 88 valence electrons. The molecular weight excluding hydrogens is 239 g/mol. The van der Waals surface area contributed by atoms with Gasteiger partial charge in [0.2, 0.25) is 0 Å². The number of hydrogen-bond donors (Lipinski definition) is 0. The van der Waals surface area contributed by atoms with Crippen molar-refractivity contribution in [2.24, 2.45) is 0 Å². The van der Waals surface area contributed by atoms with Crippen LogP contribution in [0.4, 0.5) is 4.39 Å². The van der Waals surface area contributed by atoms with Gasteiger partial charge in [0, 0.05) is 5.02 Å². The van der Waals surface area contributed by atoms with Gasteiger partial charge in [-0.3, -0.25) is 0 Å². The van der Waals surface area contributed by atoms with Crippen molar-refractivity contribution in [3.05, 3.63) is 64.4 Å². The van der Waals surface area contributed by atoms with E-state index in [0.717, 1.165) is 11.1 Å². The van der Waals surface area contributed by atoms with Crippen molar-refractivity contribution in [3.63, 3.8) is 0 Å². The van der Waals surface area contributed by atoms with Crippen LogP contribution in [0.25, 0.3) is 0 Å². The second-order valence-corrected chi connectivity index (χ2v) is 4.25. The molecule has 0 amide bonds. The second-order valence-electron chi connectivity index (χ2n) is 3.82. The lowest BCUT2D eigenvalue weighted by Crippen LogP contribution is -1.98. The molecule has 0 unspecified atom stereocenters. The van der Waals surface area contributed by atoms with Crippen LogP contribution in [0.3, 0.4) is 0 Å². The van der Waals surface area contributed by atoms with Crippen molar-refractivity contribution in [2.75, 3.05) is 0 Å². The van der Waals surface area contributed by atoms with Crippen molar-refractivity contribution < 1.29 is 9.13 Å². The van der Waals surface area contributed by atoms with Gasteiger partial charge in [-0.25, -0.2) is 4.39 Å². The average molecular weight is 251 g/mol. The first-order valence-corrected chi connectivity index (χ1v) is 5.66. The smallest absolute Gasteiger partial charge is 0.123 e. The molecule has 0 radical (unpaired) electrons. The third-order valence-corrected chi connectivity index (χ3v) is 2.74. The average Bonchev–Trinajstić information content (AvgIpc) is 2.30. The largest absolute Gasteiger partial charge is 0.489 e. The van der Waals surface area contributed by atoms with Gasteiger partial charge in [-0.05, 0) is 48.4 Å². The third-order valence-electron chi connectivity index (χ3n) is 2.50. The van der Waals surface area contributed by atoms with Gasteiger partial charge in [-0.15, -0.1) is 0 Å². The van der Waals surface area contributed by atoms with Gasteiger partial charge < -0.3 is 4.74 Å². The maximum Gasteiger partial charge on any atom is 0.123 e. The fraction of sp³-hybridized carbons (Fsp3) is 0.143. The third kappa shape index (κ3) is 3.21. The Hall–Kier alpha value is -1.54. The molecule has 0 heterocycles. The lowest BCUT2D eigenvalue weighted by Gasteiger charge is -2.09. The van der Waals surface area contributed by atoms with E-state index in [0.29, 0.717) is 17.4 Å². The van der Waals surface area contributed by atoms with E-state index in [1.807, 2.05) is 19.1 Å². The molecule has 0 atom stereocenters. The molecule has 2 rings (SSSR count). The molecular formula is C14H12ClFO. The van der Waals surface area contributed by atoms with Crippen LogP contribution < -0.4 is 4.74 Å². The Morgan fingerprint density at radius 2 is 2.00 bits per heavy atom. The van der Waals surface area contributed by atoms with Crippen LogP contribution >= 0.6 is 11.6 Å². The lowest BCUT2D eigenvalue weighted by atomic mass is 10.1. The minimum Gasteiger partial charge on any atom is -0.489 e. The molecule has 0 aliphatic carbocycles. The van der Waals surface area contributed by atoms with Crippen LogP contribution in [0.1, 0.15) is 11.1 Å². The van der Waals surface area contributed by atoms with Gasteiger partial charge in [-0.2, -0.15) is 0 Å². The Kier molecular flexibility index (Phi) is 3.64. The van der Waals surface area contributed by atoms with E-state index >= 15 is 0 Å². The Morgan fingerprint density at radius 3 is 2.76 bits per heavy atom. The zero-order valence-corrected chi connectivity index (χ0v) is 10.2. The summed E-state index contributed by atoms with van der Waals surface area (Å²) in [7, 11) is 0. The Balaban J connectivity index is 2.09. The van der Waals surface area contributed by atoms with Crippen LogP contribution in [0, 0.1) is 12.7 Å². The second kappa shape index (κ2) is 5.19. The highest BCUT2D eigenvalue weighted by atomic mass is 35.5. The summed E-state index contributed by atoms with van der Waals surface area (Å²) < 4.78 is 18.6. The predicted molar refractivity (Wildman–Crippen MR) is 66.9 cm³/mol. The Labute approximate surface area is 105 Å². The highest BCUT2D eigenvalue weighted by Crippen LogP contribution is 2.19. The van der Waals surface area contributed by atoms with Crippen molar-refractivity contribution in [1.82, 2.24) is 0 Å². The molecule has 0 saturated carbocycles. The van der Waals surface area contributed by atoms with Gasteiger partial charge in [0.1, 0.15) is 18.2 Å². The summed E-state index contributed by atoms with van der Waals surface area (Å²) in [6.07, 6.45) is 0. The molecule has 0 aromatic heterocycles. The highest BCUT2D eigenvalue weighted by Gasteiger charge is 2.02. The number of hydrogen-bond acceptors (Lipinski definition) is 1. The minimum absolute atomic E-state index is 0.250. The number of aryl methyl sites for hydroxylation is 1. The monoisotopic (exact) mass is 250 g/mol. The standard InChI is InChI=1S/C14H12ClFO/c1-10-5-6-13(16)7-11(10)9-17-14-4-2-3-12(15)8-14/h2-8H,9H2,1H3. The number of halogens is 2. The summed E-state index contributed by atoms with van der Waals surface area (Å²) in [6.45, 7) is 2.26. The number of rotatable bonds is 3. The van der Waals surface area contributed by atoms with Crippen LogP contribution in [0.2, 0.25) is 5.02 Å². The summed E-state index contributed by atoms with van der Waals surface area (Å²) in [4.78, 5) is 0. The maximum atomic E-state index is 13.1. The van der Waals surface area contributed by atoms with Gasteiger partial charge in [-0.1, -0.05) is 23.7 Å². The van der Waals surface area contributed by atoms with E-state index in [-0.39, 0.29) is 5.82 Å². The van der Waals surface area contributed by atoms with E-state index in [4.69, 9.17) is 16.3 Å². The molecule has 0 fully saturated rings. The van der Waals surface area contributed by atoms with Gasteiger partial charge in [0.25, 0.3) is 0 Å². The topological polar surface area (TPSA) is 9.23 Å². The first-order valence-electron chi connectivity index (χ1n) is 5.28. The summed E-state index contributed by atoms with van der Waals surface area (Å²) in [6, 6.07) is 11.8. The number of benzene rings is 2. The Morgan fingerprint density at radius 1 is 1.18 bits per heavy atom. The van der Waals surface area contributed by atoms with Crippen molar-refractivity contribution in [2.45, 2.75) is 13.5 Å². The fourth-order valence-electron chi connectivity index (χ4n) is 1.51. The van der Waals surface area contributed by atoms with Crippen molar-refractivity contribution in [3.8, 4) is 5.75 Å². The van der Waals surface area contributed by atoms with Crippen LogP contribution in [-0.4, -0.2) is 0 Å². The van der Waals surface area contributed by atoms with Crippen molar-refractivity contribution in [1.29, 1.82) is 0 Å². The minimum atomic E-state index is -0.250. The summed E-state index contributed by atoms with van der Waals surface area (Å²) in [5.74, 6) is 0.432. The molecule has 0 N–H and O–H groups in total. The van der Waals surface area contributed by atoms with Gasteiger partial charge in [0.05, 0.1) is 0 Å². The van der Waals surface area contributed by atoms with E-state index < -0.39 is 0 Å². The zero-order valence-electron chi connectivity index (χ0n) is 9.41. The van der Waals surface area contributed by atoms with E-state index in [9.17, 15) is 4.39 Å². The first kappa shape index (κ1) is 11.9. The molecule has 0 spiro atoms. The molecule has 0 aliphatic heterocycles. The molecule has 2 aromatic rings. The molecule has 1 nitrogen and oxygen atoms in total. The van der Waals surface area contributed by atoms with Crippen molar-refractivity contribution >= 4 is 11.6 Å². The summed E-state index contributed by atoms with van der Waals surface area (Å²) in [5, 5.41) is 0.624. The zero-order chi connectivity index (χ0) is 12.3. The normalized spacial score (nSPS) is 10.3. The lowest BCUT2D eigenvalue weighted by molar-refractivity contribution is 0.305. The van der Waals surface area contributed by atoms with Gasteiger partial charge >= 0.3 is 0 Å².